The molecule has 12 heteroatoms. The fourth-order valence-electron chi connectivity index (χ4n) is 4.32. The van der Waals surface area contributed by atoms with Gasteiger partial charge in [-0.2, -0.15) is 4.98 Å². The Labute approximate surface area is 193 Å². The molecular formula is C21H30N8O3S. The second kappa shape index (κ2) is 9.20. The van der Waals surface area contributed by atoms with Crippen molar-refractivity contribution >= 4 is 38.6 Å². The van der Waals surface area contributed by atoms with Gasteiger partial charge in [0, 0.05) is 38.5 Å². The molecule has 1 aliphatic rings. The van der Waals surface area contributed by atoms with E-state index >= 15 is 0 Å². The minimum Gasteiger partial charge on any atom is -0.380 e. The maximum absolute atomic E-state index is 11.8. The molecule has 0 spiro atoms. The first-order valence-corrected chi connectivity index (χ1v) is 12.7. The molecule has 3 aromatic rings. The summed E-state index contributed by atoms with van der Waals surface area (Å²) in [6.45, 7) is 7.30. The first-order valence-electron chi connectivity index (χ1n) is 10.8. The first-order chi connectivity index (χ1) is 15.6. The molecule has 2 atom stereocenters. The third-order valence-electron chi connectivity index (χ3n) is 5.67. The fraction of sp³-hybridized carbons (Fsp3) is 0.524. The number of nitrogens with one attached hydrogen (secondary N) is 2. The highest BCUT2D eigenvalue weighted by Gasteiger charge is 2.32. The summed E-state index contributed by atoms with van der Waals surface area (Å²) < 4.78 is 33.9. The smallest absolute Gasteiger partial charge is 0.227 e. The average molecular weight is 475 g/mol. The van der Waals surface area contributed by atoms with Crippen LogP contribution in [0.3, 0.4) is 0 Å². The molecule has 33 heavy (non-hydrogen) atoms. The number of rotatable bonds is 7. The molecule has 178 valence electrons. The summed E-state index contributed by atoms with van der Waals surface area (Å²) in [5, 5.41) is 3.25. The summed E-state index contributed by atoms with van der Waals surface area (Å²) in [7, 11) is -1.78. The number of anilines is 3. The van der Waals surface area contributed by atoms with E-state index in [1.807, 2.05) is 17.9 Å². The van der Waals surface area contributed by atoms with E-state index in [0.29, 0.717) is 37.1 Å². The van der Waals surface area contributed by atoms with Gasteiger partial charge in [0.25, 0.3) is 0 Å². The highest BCUT2D eigenvalue weighted by atomic mass is 32.2. The van der Waals surface area contributed by atoms with Crippen molar-refractivity contribution in [3.05, 3.63) is 30.4 Å². The quantitative estimate of drug-likeness (QED) is 0.528. The van der Waals surface area contributed by atoms with Crippen LogP contribution in [-0.4, -0.2) is 71.5 Å². The molecule has 2 N–H and O–H groups in total. The zero-order chi connectivity index (χ0) is 23.8. The third kappa shape index (κ3) is 5.23. The highest BCUT2D eigenvalue weighted by molar-refractivity contribution is 7.88. The Morgan fingerprint density at radius 3 is 2.70 bits per heavy atom. The number of hydrogen-bond acceptors (Lipinski definition) is 9. The number of sulfonamides is 1. The Bertz CT molecular complexity index is 1240. The molecule has 1 saturated heterocycles. The van der Waals surface area contributed by atoms with Gasteiger partial charge in [-0.3, -0.25) is 0 Å². The van der Waals surface area contributed by atoms with Gasteiger partial charge in [0.05, 0.1) is 30.1 Å². The van der Waals surface area contributed by atoms with Gasteiger partial charge >= 0.3 is 0 Å². The van der Waals surface area contributed by atoms with E-state index in [4.69, 9.17) is 4.74 Å². The Morgan fingerprint density at radius 1 is 1.21 bits per heavy atom. The molecule has 1 aliphatic heterocycles. The van der Waals surface area contributed by atoms with Gasteiger partial charge in [-0.05, 0) is 33.3 Å². The van der Waals surface area contributed by atoms with Crippen LogP contribution in [0.5, 0.6) is 0 Å². The Balaban J connectivity index is 1.55. The molecule has 4 heterocycles. The standard InChI is InChI=1S/C21H30N8O3S/c1-13(2)29-14(3)24-15-11-23-20(10-17(15)29)25-19-6-8-22-21(26-19)28-9-7-18(32-4)16(12-28)27-33(5,30)31/h6,8,10-11,13,16,18,27H,7,9,12H2,1-5H3,(H,22,23,25,26). The molecule has 2 unspecified atom stereocenters. The molecule has 0 saturated carbocycles. The molecule has 0 aromatic carbocycles. The number of hydrogen-bond donors (Lipinski definition) is 2. The van der Waals surface area contributed by atoms with Crippen molar-refractivity contribution in [3.63, 3.8) is 0 Å². The number of methoxy groups -OCH3 is 1. The van der Waals surface area contributed by atoms with Crippen LogP contribution in [0.2, 0.25) is 0 Å². The van der Waals surface area contributed by atoms with E-state index < -0.39 is 10.0 Å². The minimum absolute atomic E-state index is 0.206. The van der Waals surface area contributed by atoms with Crippen LogP contribution in [0, 0.1) is 6.92 Å². The first kappa shape index (κ1) is 23.3. The van der Waals surface area contributed by atoms with Crippen molar-refractivity contribution in [2.75, 3.05) is 36.7 Å². The number of aromatic nitrogens is 5. The van der Waals surface area contributed by atoms with Crippen LogP contribution in [0.15, 0.2) is 24.5 Å². The van der Waals surface area contributed by atoms with Crippen molar-refractivity contribution in [1.29, 1.82) is 0 Å². The number of aryl methyl sites for hydroxylation is 1. The van der Waals surface area contributed by atoms with Gasteiger partial charge in [-0.25, -0.2) is 28.1 Å². The monoisotopic (exact) mass is 474 g/mol. The molecule has 0 bridgehead atoms. The lowest BCUT2D eigenvalue weighted by molar-refractivity contribution is 0.0612. The Kier molecular flexibility index (Phi) is 6.50. The number of fused-ring (bicyclic) bond motifs is 1. The van der Waals surface area contributed by atoms with Crippen molar-refractivity contribution in [1.82, 2.24) is 29.2 Å². The topological polar surface area (TPSA) is 127 Å². The fourth-order valence-corrected chi connectivity index (χ4v) is 5.10. The minimum atomic E-state index is -3.37. The summed E-state index contributed by atoms with van der Waals surface area (Å²) in [6.07, 6.45) is 5.02. The molecule has 0 aliphatic carbocycles. The van der Waals surface area contributed by atoms with Crippen molar-refractivity contribution in [3.8, 4) is 0 Å². The van der Waals surface area contributed by atoms with E-state index in [-0.39, 0.29) is 18.2 Å². The predicted octanol–water partition coefficient (Wildman–Crippen LogP) is 2.00. The molecular weight excluding hydrogens is 444 g/mol. The lowest BCUT2D eigenvalue weighted by Crippen LogP contribution is -2.55. The summed E-state index contributed by atoms with van der Waals surface area (Å²) in [6, 6.07) is 3.63. The lowest BCUT2D eigenvalue weighted by atomic mass is 10.0. The SMILES string of the molecule is COC1CCN(c2nccc(Nc3cc4c(cn3)nc(C)n4C(C)C)n2)CC1NS(C)(=O)=O. The van der Waals surface area contributed by atoms with Crippen molar-refractivity contribution in [2.24, 2.45) is 0 Å². The number of piperidine rings is 1. The van der Waals surface area contributed by atoms with Gasteiger partial charge in [0.2, 0.25) is 16.0 Å². The van der Waals surface area contributed by atoms with Crippen LogP contribution in [0.25, 0.3) is 11.0 Å². The van der Waals surface area contributed by atoms with E-state index in [0.717, 1.165) is 23.1 Å². The normalized spacial score (nSPS) is 19.4. The largest absolute Gasteiger partial charge is 0.380 e. The van der Waals surface area contributed by atoms with E-state index in [2.05, 4.69) is 48.4 Å². The Morgan fingerprint density at radius 2 is 2.00 bits per heavy atom. The van der Waals surface area contributed by atoms with Gasteiger partial charge in [0.15, 0.2) is 0 Å². The number of pyridine rings is 1. The van der Waals surface area contributed by atoms with Crippen LogP contribution in [0.1, 0.15) is 32.1 Å². The molecule has 1 fully saturated rings. The molecule has 4 rings (SSSR count). The van der Waals surface area contributed by atoms with E-state index in [1.54, 1.807) is 25.6 Å². The van der Waals surface area contributed by atoms with Crippen LogP contribution >= 0.6 is 0 Å². The molecule has 3 aromatic heterocycles. The summed E-state index contributed by atoms with van der Waals surface area (Å²) >= 11 is 0. The average Bonchev–Trinajstić information content (AvgIpc) is 3.08. The lowest BCUT2D eigenvalue weighted by Gasteiger charge is -2.37. The van der Waals surface area contributed by atoms with Crippen LogP contribution in [0.4, 0.5) is 17.6 Å². The van der Waals surface area contributed by atoms with Crippen LogP contribution < -0.4 is 14.9 Å². The predicted molar refractivity (Wildman–Crippen MR) is 127 cm³/mol. The summed E-state index contributed by atoms with van der Waals surface area (Å²) in [5.74, 6) is 2.71. The molecule has 0 amide bonds. The summed E-state index contributed by atoms with van der Waals surface area (Å²) in [5.41, 5.74) is 1.85. The summed E-state index contributed by atoms with van der Waals surface area (Å²) in [4.78, 5) is 20.1. The van der Waals surface area contributed by atoms with Crippen molar-refractivity contribution < 1.29 is 13.2 Å². The van der Waals surface area contributed by atoms with Gasteiger partial charge < -0.3 is 19.5 Å². The zero-order valence-electron chi connectivity index (χ0n) is 19.5. The number of ether oxygens (including phenoxy) is 1. The van der Waals surface area contributed by atoms with E-state index in [9.17, 15) is 8.42 Å². The molecule has 0 radical (unpaired) electrons. The second-order valence-electron chi connectivity index (χ2n) is 8.55. The van der Waals surface area contributed by atoms with E-state index in [1.165, 1.54) is 0 Å². The number of imidazole rings is 1. The third-order valence-corrected chi connectivity index (χ3v) is 6.40. The highest BCUT2D eigenvalue weighted by Crippen LogP contribution is 2.25. The maximum atomic E-state index is 11.8. The van der Waals surface area contributed by atoms with Gasteiger partial charge in [-0.15, -0.1) is 0 Å². The van der Waals surface area contributed by atoms with Gasteiger partial charge in [0.1, 0.15) is 23.0 Å². The van der Waals surface area contributed by atoms with Crippen LogP contribution in [-0.2, 0) is 14.8 Å². The molecule has 11 nitrogen and oxygen atoms in total. The Hall–Kier alpha value is -2.83. The number of nitrogens with zero attached hydrogens (tertiary/aromatic N) is 6. The second-order valence-corrected chi connectivity index (χ2v) is 10.3. The zero-order valence-corrected chi connectivity index (χ0v) is 20.3. The maximum Gasteiger partial charge on any atom is 0.227 e. The van der Waals surface area contributed by atoms with Crippen molar-refractivity contribution in [2.45, 2.75) is 45.4 Å². The van der Waals surface area contributed by atoms with Gasteiger partial charge in [-0.1, -0.05) is 0 Å².